The van der Waals surface area contributed by atoms with Gasteiger partial charge in [-0.1, -0.05) is 26.8 Å². The molecule has 2 N–H and O–H groups in total. The maximum atomic E-state index is 12.2. The number of nitrogens with zero attached hydrogens (tertiary/aromatic N) is 1. The number of hydrogen-bond acceptors (Lipinski definition) is 5. The van der Waals surface area contributed by atoms with E-state index in [0.717, 1.165) is 10.7 Å². The number of benzene rings is 1. The highest BCUT2D eigenvalue weighted by Crippen LogP contribution is 2.19. The van der Waals surface area contributed by atoms with Crippen molar-refractivity contribution in [1.29, 1.82) is 0 Å². The van der Waals surface area contributed by atoms with E-state index in [1.807, 2.05) is 33.1 Å². The lowest BCUT2D eigenvalue weighted by atomic mass is 9.89. The van der Waals surface area contributed by atoms with Crippen molar-refractivity contribution in [3.63, 3.8) is 0 Å². The molecule has 0 aliphatic carbocycles. The average Bonchev–Trinajstić information content (AvgIpc) is 2.95. The molecule has 0 saturated heterocycles. The predicted octanol–water partition coefficient (Wildman–Crippen LogP) is 3.17. The number of carbonyl (C=O) groups is 1. The number of carbonyl (C=O) groups excluding carboxylic acids is 1. The maximum absolute atomic E-state index is 12.2. The summed E-state index contributed by atoms with van der Waals surface area (Å²) in [5.74, 6) is 0.387. The third-order valence-corrected chi connectivity index (χ3v) is 4.43. The largest absolute Gasteiger partial charge is 0.487 e. The third kappa shape index (κ3) is 5.32. The number of hydrogen-bond donors (Lipinski definition) is 2. The summed E-state index contributed by atoms with van der Waals surface area (Å²) >= 11 is 1.58. The van der Waals surface area contributed by atoms with E-state index in [2.05, 4.69) is 10.3 Å². The molecule has 0 bridgehead atoms. The number of rotatable bonds is 6. The van der Waals surface area contributed by atoms with Crippen molar-refractivity contribution in [2.45, 2.75) is 40.4 Å². The Bertz CT molecular complexity index is 692. The van der Waals surface area contributed by atoms with Crippen LogP contribution in [0.4, 0.5) is 0 Å². The lowest BCUT2D eigenvalue weighted by Gasteiger charge is -2.25. The van der Waals surface area contributed by atoms with E-state index in [1.165, 1.54) is 0 Å². The van der Waals surface area contributed by atoms with Crippen LogP contribution in [0.1, 0.15) is 41.8 Å². The predicted molar refractivity (Wildman–Crippen MR) is 95.4 cm³/mol. The van der Waals surface area contributed by atoms with Crippen LogP contribution in [0.2, 0.25) is 0 Å². The topological polar surface area (TPSA) is 71.5 Å². The van der Waals surface area contributed by atoms with Gasteiger partial charge in [0.15, 0.2) is 0 Å². The fraction of sp³-hybridized carbons (Fsp3) is 0.444. The fourth-order valence-corrected chi connectivity index (χ4v) is 2.55. The summed E-state index contributed by atoms with van der Waals surface area (Å²) in [4.78, 5) is 16.6. The zero-order valence-electron chi connectivity index (χ0n) is 14.5. The van der Waals surface area contributed by atoms with Gasteiger partial charge in [-0.2, -0.15) is 0 Å². The summed E-state index contributed by atoms with van der Waals surface area (Å²) in [5.41, 5.74) is 1.10. The van der Waals surface area contributed by atoms with Crippen LogP contribution in [-0.2, 0) is 6.61 Å². The Labute approximate surface area is 146 Å². The van der Waals surface area contributed by atoms with Gasteiger partial charge in [-0.05, 0) is 30.5 Å². The van der Waals surface area contributed by atoms with Crippen LogP contribution in [-0.4, -0.2) is 28.6 Å². The molecule has 0 fully saturated rings. The first-order valence-electron chi connectivity index (χ1n) is 7.86. The van der Waals surface area contributed by atoms with E-state index in [4.69, 9.17) is 4.74 Å². The summed E-state index contributed by atoms with van der Waals surface area (Å²) in [6.45, 7) is 8.32. The van der Waals surface area contributed by atoms with Crippen molar-refractivity contribution in [2.75, 3.05) is 6.54 Å². The third-order valence-electron chi connectivity index (χ3n) is 3.61. The van der Waals surface area contributed by atoms with Gasteiger partial charge in [0.2, 0.25) is 0 Å². The number of thiazole rings is 1. The summed E-state index contributed by atoms with van der Waals surface area (Å²) in [7, 11) is 0. The number of aromatic nitrogens is 1. The summed E-state index contributed by atoms with van der Waals surface area (Å²) in [6.07, 6.45) is -0.603. The van der Waals surface area contributed by atoms with E-state index >= 15 is 0 Å². The van der Waals surface area contributed by atoms with Gasteiger partial charge in [0, 0.05) is 17.5 Å². The van der Waals surface area contributed by atoms with E-state index in [-0.39, 0.29) is 17.9 Å². The normalized spacial score (nSPS) is 12.7. The van der Waals surface area contributed by atoms with E-state index < -0.39 is 6.10 Å². The van der Waals surface area contributed by atoms with Gasteiger partial charge in [-0.15, -0.1) is 11.3 Å². The smallest absolute Gasteiger partial charge is 0.251 e. The minimum Gasteiger partial charge on any atom is -0.487 e. The van der Waals surface area contributed by atoms with E-state index in [1.54, 1.807) is 35.6 Å². The van der Waals surface area contributed by atoms with Crippen LogP contribution in [0.25, 0.3) is 0 Å². The van der Waals surface area contributed by atoms with E-state index in [9.17, 15) is 9.90 Å². The Morgan fingerprint density at radius 3 is 2.79 bits per heavy atom. The first-order valence-corrected chi connectivity index (χ1v) is 8.74. The molecule has 0 saturated carbocycles. The second-order valence-corrected chi connectivity index (χ2v) is 7.83. The molecule has 1 aromatic carbocycles. The van der Waals surface area contributed by atoms with Crippen molar-refractivity contribution in [3.05, 3.63) is 45.9 Å². The molecular formula is C18H24N2O3S. The number of aryl methyl sites for hydroxylation is 1. The van der Waals surface area contributed by atoms with Crippen molar-refractivity contribution >= 4 is 17.2 Å². The minimum atomic E-state index is -0.603. The number of nitrogens with one attached hydrogen (secondary N) is 1. The molecule has 24 heavy (non-hydrogen) atoms. The molecule has 2 aromatic rings. The van der Waals surface area contributed by atoms with Crippen molar-refractivity contribution < 1.29 is 14.6 Å². The van der Waals surface area contributed by atoms with Crippen LogP contribution in [0.15, 0.2) is 29.6 Å². The number of ether oxygens (including phenoxy) is 1. The molecular weight excluding hydrogens is 324 g/mol. The molecule has 0 spiro atoms. The maximum Gasteiger partial charge on any atom is 0.251 e. The first kappa shape index (κ1) is 18.4. The van der Waals surface area contributed by atoms with E-state index in [0.29, 0.717) is 17.9 Å². The molecule has 0 aliphatic rings. The number of amides is 1. The number of aliphatic hydroxyl groups excluding tert-OH is 1. The molecule has 0 radical (unpaired) electrons. The standard InChI is InChI=1S/C18H24N2O3S/c1-12-20-14(11-24-12)10-23-15-7-5-6-13(8-15)17(22)19-9-16(21)18(2,3)4/h5-8,11,16,21H,9-10H2,1-4H3,(H,19,22). The Morgan fingerprint density at radius 1 is 1.42 bits per heavy atom. The molecule has 5 nitrogen and oxygen atoms in total. The van der Waals surface area contributed by atoms with Gasteiger partial charge in [0.25, 0.3) is 5.91 Å². The van der Waals surface area contributed by atoms with Crippen LogP contribution >= 0.6 is 11.3 Å². The molecule has 0 aliphatic heterocycles. The summed E-state index contributed by atoms with van der Waals surface area (Å²) < 4.78 is 5.69. The highest BCUT2D eigenvalue weighted by atomic mass is 32.1. The minimum absolute atomic E-state index is 0.214. The Kier molecular flexibility index (Phi) is 5.96. The molecule has 6 heteroatoms. The van der Waals surface area contributed by atoms with Crippen LogP contribution in [0, 0.1) is 12.3 Å². The van der Waals surface area contributed by atoms with Gasteiger partial charge in [0.05, 0.1) is 16.8 Å². The van der Waals surface area contributed by atoms with Gasteiger partial charge < -0.3 is 15.2 Å². The SMILES string of the molecule is Cc1nc(COc2cccc(C(=O)NCC(O)C(C)(C)C)c2)cs1. The molecule has 1 aromatic heterocycles. The Balaban J connectivity index is 1.92. The quantitative estimate of drug-likeness (QED) is 0.841. The Morgan fingerprint density at radius 2 is 2.17 bits per heavy atom. The molecule has 1 unspecified atom stereocenters. The lowest BCUT2D eigenvalue weighted by Crippen LogP contribution is -2.39. The van der Waals surface area contributed by atoms with Gasteiger partial charge in [0.1, 0.15) is 12.4 Å². The summed E-state index contributed by atoms with van der Waals surface area (Å²) in [5, 5.41) is 15.7. The lowest BCUT2D eigenvalue weighted by molar-refractivity contribution is 0.0587. The Hall–Kier alpha value is -1.92. The van der Waals surface area contributed by atoms with Gasteiger partial charge in [-0.25, -0.2) is 4.98 Å². The first-order chi connectivity index (χ1) is 11.3. The van der Waals surface area contributed by atoms with Crippen molar-refractivity contribution in [3.8, 4) is 5.75 Å². The van der Waals surface area contributed by atoms with Crippen LogP contribution < -0.4 is 10.1 Å². The van der Waals surface area contributed by atoms with Gasteiger partial charge in [-0.3, -0.25) is 4.79 Å². The molecule has 130 valence electrons. The van der Waals surface area contributed by atoms with Crippen molar-refractivity contribution in [2.24, 2.45) is 5.41 Å². The molecule has 1 atom stereocenters. The number of aliphatic hydroxyl groups is 1. The van der Waals surface area contributed by atoms with Crippen LogP contribution in [0.3, 0.4) is 0 Å². The van der Waals surface area contributed by atoms with Gasteiger partial charge >= 0.3 is 0 Å². The second-order valence-electron chi connectivity index (χ2n) is 6.77. The molecule has 1 amide bonds. The zero-order valence-corrected chi connectivity index (χ0v) is 15.3. The fourth-order valence-electron chi connectivity index (χ4n) is 1.96. The summed E-state index contributed by atoms with van der Waals surface area (Å²) in [6, 6.07) is 6.99. The second kappa shape index (κ2) is 7.77. The van der Waals surface area contributed by atoms with Crippen molar-refractivity contribution in [1.82, 2.24) is 10.3 Å². The zero-order chi connectivity index (χ0) is 17.7. The molecule has 2 rings (SSSR count). The van der Waals surface area contributed by atoms with Crippen LogP contribution in [0.5, 0.6) is 5.75 Å². The highest BCUT2D eigenvalue weighted by Gasteiger charge is 2.22. The highest BCUT2D eigenvalue weighted by molar-refractivity contribution is 7.09. The monoisotopic (exact) mass is 348 g/mol. The average molecular weight is 348 g/mol. The molecule has 1 heterocycles.